The van der Waals surface area contributed by atoms with Gasteiger partial charge in [-0.3, -0.25) is 9.59 Å². The molecule has 0 unspecified atom stereocenters. The van der Waals surface area contributed by atoms with E-state index in [1.807, 2.05) is 0 Å². The maximum absolute atomic E-state index is 11.7. The maximum Gasteiger partial charge on any atom is 0.411 e. The number of carboxylic acid groups (broad SMARTS) is 1. The van der Waals surface area contributed by atoms with Crippen molar-refractivity contribution < 1.29 is 32.6 Å². The van der Waals surface area contributed by atoms with Crippen molar-refractivity contribution in [1.29, 1.82) is 0 Å². The Labute approximate surface area is 95.1 Å². The molecule has 17 heavy (non-hydrogen) atoms. The second kappa shape index (κ2) is 5.35. The second-order valence-electron chi connectivity index (χ2n) is 3.75. The molecule has 1 rings (SSSR count). The Balaban J connectivity index is 2.35. The molecule has 1 amide bonds. The van der Waals surface area contributed by atoms with Crippen molar-refractivity contribution in [3.8, 4) is 0 Å². The van der Waals surface area contributed by atoms with Gasteiger partial charge in [0.15, 0.2) is 0 Å². The largest absolute Gasteiger partial charge is 0.480 e. The van der Waals surface area contributed by atoms with Crippen LogP contribution >= 0.6 is 0 Å². The van der Waals surface area contributed by atoms with E-state index in [2.05, 4.69) is 4.74 Å². The van der Waals surface area contributed by atoms with E-state index in [1.165, 1.54) is 0 Å². The third-order valence-electron chi connectivity index (χ3n) is 2.10. The van der Waals surface area contributed by atoms with Crippen LogP contribution in [0.1, 0.15) is 12.8 Å². The molecular weight excluding hydrogens is 243 g/mol. The van der Waals surface area contributed by atoms with E-state index in [0.29, 0.717) is 12.8 Å². The van der Waals surface area contributed by atoms with Crippen LogP contribution in [0, 0.1) is 0 Å². The van der Waals surface area contributed by atoms with E-state index in [-0.39, 0.29) is 6.04 Å². The molecule has 0 bridgehead atoms. The van der Waals surface area contributed by atoms with Gasteiger partial charge in [-0.15, -0.1) is 0 Å². The van der Waals surface area contributed by atoms with Crippen LogP contribution in [0.25, 0.3) is 0 Å². The van der Waals surface area contributed by atoms with Crippen molar-refractivity contribution in [3.05, 3.63) is 0 Å². The highest BCUT2D eigenvalue weighted by molar-refractivity contribution is 5.82. The number of nitrogens with zero attached hydrogens (tertiary/aromatic N) is 1. The van der Waals surface area contributed by atoms with Crippen LogP contribution in [0.3, 0.4) is 0 Å². The average Bonchev–Trinajstić information content (AvgIpc) is 2.94. The Morgan fingerprint density at radius 1 is 1.35 bits per heavy atom. The van der Waals surface area contributed by atoms with Gasteiger partial charge < -0.3 is 14.7 Å². The fourth-order valence-electron chi connectivity index (χ4n) is 1.29. The lowest BCUT2D eigenvalue weighted by molar-refractivity contribution is -0.178. The van der Waals surface area contributed by atoms with Crippen molar-refractivity contribution >= 4 is 11.9 Å². The zero-order chi connectivity index (χ0) is 13.1. The minimum Gasteiger partial charge on any atom is -0.480 e. The maximum atomic E-state index is 11.7. The quantitative estimate of drug-likeness (QED) is 0.756. The lowest BCUT2D eigenvalue weighted by atomic mass is 10.4. The Morgan fingerprint density at radius 2 is 1.94 bits per heavy atom. The number of alkyl halides is 3. The van der Waals surface area contributed by atoms with Crippen LogP contribution in [-0.4, -0.2) is 53.9 Å². The summed E-state index contributed by atoms with van der Waals surface area (Å²) in [5, 5.41) is 8.55. The molecule has 0 atom stereocenters. The van der Waals surface area contributed by atoms with E-state index in [1.54, 1.807) is 0 Å². The number of hydrogen-bond acceptors (Lipinski definition) is 3. The van der Waals surface area contributed by atoms with Crippen LogP contribution in [0.15, 0.2) is 0 Å². The number of carboxylic acids is 1. The van der Waals surface area contributed by atoms with Crippen molar-refractivity contribution in [3.63, 3.8) is 0 Å². The summed E-state index contributed by atoms with van der Waals surface area (Å²) in [7, 11) is 0. The average molecular weight is 255 g/mol. The fourth-order valence-corrected chi connectivity index (χ4v) is 1.29. The van der Waals surface area contributed by atoms with Gasteiger partial charge in [0.1, 0.15) is 19.8 Å². The molecule has 0 aromatic heterocycles. The Hall–Kier alpha value is -1.31. The topological polar surface area (TPSA) is 66.8 Å². The SMILES string of the molecule is O=C(O)CN(C(=O)COCC(F)(F)F)C1CC1. The summed E-state index contributed by atoms with van der Waals surface area (Å²) in [6.07, 6.45) is -3.13. The van der Waals surface area contributed by atoms with Gasteiger partial charge in [0.05, 0.1) is 0 Å². The van der Waals surface area contributed by atoms with Gasteiger partial charge in [0.2, 0.25) is 5.91 Å². The summed E-state index contributed by atoms with van der Waals surface area (Å²) < 4.78 is 39.4. The van der Waals surface area contributed by atoms with E-state index < -0.39 is 37.8 Å². The number of halogens is 3. The minimum absolute atomic E-state index is 0.173. The Bertz CT molecular complexity index is 301. The molecule has 1 fully saturated rings. The van der Waals surface area contributed by atoms with Gasteiger partial charge in [0.25, 0.3) is 0 Å². The van der Waals surface area contributed by atoms with Gasteiger partial charge in [-0.05, 0) is 12.8 Å². The van der Waals surface area contributed by atoms with Crippen molar-refractivity contribution in [1.82, 2.24) is 4.90 Å². The molecule has 5 nitrogen and oxygen atoms in total. The zero-order valence-corrected chi connectivity index (χ0v) is 8.87. The van der Waals surface area contributed by atoms with Crippen molar-refractivity contribution in [2.24, 2.45) is 0 Å². The van der Waals surface area contributed by atoms with Gasteiger partial charge in [-0.25, -0.2) is 0 Å². The van der Waals surface area contributed by atoms with E-state index >= 15 is 0 Å². The smallest absolute Gasteiger partial charge is 0.411 e. The van der Waals surface area contributed by atoms with E-state index in [9.17, 15) is 22.8 Å². The molecule has 1 aliphatic carbocycles. The predicted octanol–water partition coefficient (Wildman–Crippen LogP) is 0.641. The zero-order valence-electron chi connectivity index (χ0n) is 8.87. The van der Waals surface area contributed by atoms with Gasteiger partial charge in [-0.2, -0.15) is 13.2 Å². The summed E-state index contributed by atoms with van der Waals surface area (Å²) in [5.41, 5.74) is 0. The molecule has 0 spiro atoms. The summed E-state index contributed by atoms with van der Waals surface area (Å²) in [6.45, 7) is -2.76. The standard InChI is InChI=1S/C9H12F3NO4/c10-9(11,12)5-17-4-7(14)13(3-8(15)16)6-1-2-6/h6H,1-5H2,(H,15,16). The number of rotatable bonds is 6. The van der Waals surface area contributed by atoms with Gasteiger partial charge in [-0.1, -0.05) is 0 Å². The number of carbonyl (C=O) groups excluding carboxylic acids is 1. The summed E-state index contributed by atoms with van der Waals surface area (Å²) in [5.74, 6) is -1.92. The van der Waals surface area contributed by atoms with Crippen LogP contribution in [0.5, 0.6) is 0 Å². The normalized spacial score (nSPS) is 15.7. The van der Waals surface area contributed by atoms with Crippen molar-refractivity contribution in [2.75, 3.05) is 19.8 Å². The highest BCUT2D eigenvalue weighted by Gasteiger charge is 2.34. The Morgan fingerprint density at radius 3 is 2.35 bits per heavy atom. The lowest BCUT2D eigenvalue weighted by Crippen LogP contribution is -2.40. The van der Waals surface area contributed by atoms with Gasteiger partial charge in [0, 0.05) is 6.04 Å². The molecule has 0 radical (unpaired) electrons. The van der Waals surface area contributed by atoms with Gasteiger partial charge >= 0.3 is 12.1 Å². The molecule has 8 heteroatoms. The third-order valence-corrected chi connectivity index (χ3v) is 2.10. The first kappa shape index (κ1) is 13.8. The second-order valence-corrected chi connectivity index (χ2v) is 3.75. The Kier molecular flexibility index (Phi) is 4.33. The molecule has 1 aliphatic rings. The number of aliphatic carboxylic acids is 1. The molecule has 1 saturated carbocycles. The number of carbonyl (C=O) groups is 2. The van der Waals surface area contributed by atoms with Crippen LogP contribution in [-0.2, 0) is 14.3 Å². The third kappa shape index (κ3) is 5.53. The molecule has 98 valence electrons. The van der Waals surface area contributed by atoms with Crippen LogP contribution < -0.4 is 0 Å². The fraction of sp³-hybridized carbons (Fsp3) is 0.778. The summed E-state index contributed by atoms with van der Waals surface area (Å²) in [4.78, 5) is 22.9. The molecule has 0 aromatic rings. The first-order chi connectivity index (χ1) is 7.79. The number of hydrogen-bond donors (Lipinski definition) is 1. The number of amides is 1. The number of ether oxygens (including phenoxy) is 1. The molecular formula is C9H12F3NO4. The first-order valence-corrected chi connectivity index (χ1v) is 4.95. The molecule has 0 aliphatic heterocycles. The minimum atomic E-state index is -4.49. The molecule has 0 heterocycles. The highest BCUT2D eigenvalue weighted by Crippen LogP contribution is 2.26. The van der Waals surface area contributed by atoms with E-state index in [4.69, 9.17) is 5.11 Å². The van der Waals surface area contributed by atoms with E-state index in [0.717, 1.165) is 4.90 Å². The highest BCUT2D eigenvalue weighted by atomic mass is 19.4. The molecule has 1 N–H and O–H groups in total. The van der Waals surface area contributed by atoms with Crippen LogP contribution in [0.4, 0.5) is 13.2 Å². The summed E-state index contributed by atoms with van der Waals surface area (Å²) >= 11 is 0. The lowest BCUT2D eigenvalue weighted by Gasteiger charge is -2.20. The predicted molar refractivity (Wildman–Crippen MR) is 49.2 cm³/mol. The first-order valence-electron chi connectivity index (χ1n) is 4.95. The monoisotopic (exact) mass is 255 g/mol. The van der Waals surface area contributed by atoms with Crippen LogP contribution in [0.2, 0.25) is 0 Å². The molecule has 0 aromatic carbocycles. The summed E-state index contributed by atoms with van der Waals surface area (Å²) in [6, 6.07) is -0.173. The van der Waals surface area contributed by atoms with Crippen molar-refractivity contribution in [2.45, 2.75) is 25.1 Å². The molecule has 0 saturated heterocycles.